The first kappa shape index (κ1) is 15.0. The molecule has 0 unspecified atom stereocenters. The SMILES string of the molecule is O=C(O)CCCNC(=O)CCCC1CCOCC1. The van der Waals surface area contributed by atoms with Crippen LogP contribution in [-0.2, 0) is 14.3 Å². The van der Waals surface area contributed by atoms with Crippen LogP contribution in [0.15, 0.2) is 0 Å². The van der Waals surface area contributed by atoms with Gasteiger partial charge >= 0.3 is 5.97 Å². The highest BCUT2D eigenvalue weighted by Gasteiger charge is 2.13. The van der Waals surface area contributed by atoms with E-state index in [0.29, 0.717) is 25.3 Å². The van der Waals surface area contributed by atoms with Crippen molar-refractivity contribution in [1.29, 1.82) is 0 Å². The number of rotatable bonds is 8. The largest absolute Gasteiger partial charge is 0.481 e. The van der Waals surface area contributed by atoms with E-state index in [-0.39, 0.29) is 12.3 Å². The molecule has 5 nitrogen and oxygen atoms in total. The summed E-state index contributed by atoms with van der Waals surface area (Å²) in [5, 5.41) is 11.2. The number of carbonyl (C=O) groups is 2. The third-order valence-corrected chi connectivity index (χ3v) is 3.25. The van der Waals surface area contributed by atoms with Crippen LogP contribution in [-0.4, -0.2) is 36.7 Å². The molecule has 18 heavy (non-hydrogen) atoms. The van der Waals surface area contributed by atoms with Crippen molar-refractivity contribution in [2.24, 2.45) is 5.92 Å². The first-order valence-electron chi connectivity index (χ1n) is 6.74. The van der Waals surface area contributed by atoms with E-state index < -0.39 is 5.97 Å². The van der Waals surface area contributed by atoms with Crippen LogP contribution < -0.4 is 5.32 Å². The van der Waals surface area contributed by atoms with Crippen LogP contribution in [0.1, 0.15) is 44.9 Å². The maximum Gasteiger partial charge on any atom is 0.303 e. The Balaban J connectivity index is 1.94. The van der Waals surface area contributed by atoms with Crippen LogP contribution in [0.5, 0.6) is 0 Å². The normalized spacial score (nSPS) is 16.4. The van der Waals surface area contributed by atoms with Gasteiger partial charge in [0, 0.05) is 32.6 Å². The number of carbonyl (C=O) groups excluding carboxylic acids is 1. The van der Waals surface area contributed by atoms with Crippen molar-refractivity contribution in [1.82, 2.24) is 5.32 Å². The van der Waals surface area contributed by atoms with Gasteiger partial charge in [0.25, 0.3) is 0 Å². The first-order valence-corrected chi connectivity index (χ1v) is 6.74. The zero-order valence-electron chi connectivity index (χ0n) is 10.8. The number of aliphatic carboxylic acids is 1. The Labute approximate surface area is 108 Å². The summed E-state index contributed by atoms with van der Waals surface area (Å²) in [5.41, 5.74) is 0. The van der Waals surface area contributed by atoms with Crippen LogP contribution in [0.25, 0.3) is 0 Å². The van der Waals surface area contributed by atoms with E-state index in [1.807, 2.05) is 0 Å². The highest BCUT2D eigenvalue weighted by atomic mass is 16.5. The molecule has 1 saturated heterocycles. The first-order chi connectivity index (χ1) is 8.68. The minimum Gasteiger partial charge on any atom is -0.481 e. The van der Waals surface area contributed by atoms with E-state index in [9.17, 15) is 9.59 Å². The number of ether oxygens (including phenoxy) is 1. The van der Waals surface area contributed by atoms with E-state index in [2.05, 4.69) is 5.32 Å². The Morgan fingerprint density at radius 3 is 2.56 bits per heavy atom. The molecule has 104 valence electrons. The molecule has 0 aromatic heterocycles. The van der Waals surface area contributed by atoms with E-state index in [1.54, 1.807) is 0 Å². The van der Waals surface area contributed by atoms with E-state index in [1.165, 1.54) is 0 Å². The molecule has 1 aliphatic heterocycles. The lowest BCUT2D eigenvalue weighted by Crippen LogP contribution is -2.25. The average molecular weight is 257 g/mol. The Bertz CT molecular complexity index is 262. The number of carboxylic acid groups (broad SMARTS) is 1. The van der Waals surface area contributed by atoms with Crippen molar-refractivity contribution in [3.05, 3.63) is 0 Å². The monoisotopic (exact) mass is 257 g/mol. The second kappa shape index (κ2) is 8.91. The minimum atomic E-state index is -0.816. The Morgan fingerprint density at radius 2 is 1.89 bits per heavy atom. The van der Waals surface area contributed by atoms with Crippen LogP contribution >= 0.6 is 0 Å². The topological polar surface area (TPSA) is 75.6 Å². The highest BCUT2D eigenvalue weighted by Crippen LogP contribution is 2.20. The predicted molar refractivity (Wildman–Crippen MR) is 67.3 cm³/mol. The Morgan fingerprint density at radius 1 is 1.17 bits per heavy atom. The molecular weight excluding hydrogens is 234 g/mol. The molecule has 0 aromatic rings. The molecule has 5 heteroatoms. The van der Waals surface area contributed by atoms with Crippen molar-refractivity contribution >= 4 is 11.9 Å². The van der Waals surface area contributed by atoms with Gasteiger partial charge in [0.15, 0.2) is 0 Å². The Kier molecular flexibility index (Phi) is 7.41. The summed E-state index contributed by atoms with van der Waals surface area (Å²) in [5.74, 6) is -0.0743. The lowest BCUT2D eigenvalue weighted by Gasteiger charge is -2.21. The van der Waals surface area contributed by atoms with E-state index in [0.717, 1.165) is 38.9 Å². The fraction of sp³-hybridized carbons (Fsp3) is 0.846. The van der Waals surface area contributed by atoms with Crippen LogP contribution in [0, 0.1) is 5.92 Å². The molecular formula is C13H23NO4. The summed E-state index contributed by atoms with van der Waals surface area (Å²) in [7, 11) is 0. The lowest BCUT2D eigenvalue weighted by atomic mass is 9.94. The third kappa shape index (κ3) is 7.27. The van der Waals surface area contributed by atoms with Crippen LogP contribution in [0.3, 0.4) is 0 Å². The number of nitrogens with one attached hydrogen (secondary N) is 1. The number of hydrogen-bond donors (Lipinski definition) is 2. The molecule has 0 bridgehead atoms. The van der Waals surface area contributed by atoms with Gasteiger partial charge in [-0.3, -0.25) is 9.59 Å². The van der Waals surface area contributed by atoms with Gasteiger partial charge in [-0.2, -0.15) is 0 Å². The molecule has 0 radical (unpaired) electrons. The molecule has 0 spiro atoms. The van der Waals surface area contributed by atoms with E-state index >= 15 is 0 Å². The highest BCUT2D eigenvalue weighted by molar-refractivity contribution is 5.75. The van der Waals surface area contributed by atoms with Gasteiger partial charge in [-0.1, -0.05) is 0 Å². The molecule has 1 fully saturated rings. The summed E-state index contributed by atoms with van der Waals surface area (Å²) in [4.78, 5) is 21.7. The maximum atomic E-state index is 11.4. The quantitative estimate of drug-likeness (QED) is 0.647. The number of amides is 1. The van der Waals surface area contributed by atoms with E-state index in [4.69, 9.17) is 9.84 Å². The van der Waals surface area contributed by atoms with Gasteiger partial charge in [0.1, 0.15) is 0 Å². The maximum absolute atomic E-state index is 11.4. The van der Waals surface area contributed by atoms with Crippen molar-refractivity contribution < 1.29 is 19.4 Å². The fourth-order valence-corrected chi connectivity index (χ4v) is 2.14. The summed E-state index contributed by atoms with van der Waals surface area (Å²) in [6.45, 7) is 2.17. The zero-order chi connectivity index (χ0) is 13.2. The second-order valence-electron chi connectivity index (χ2n) is 4.80. The number of hydrogen-bond acceptors (Lipinski definition) is 3. The second-order valence-corrected chi connectivity index (χ2v) is 4.80. The number of carboxylic acids is 1. The van der Waals surface area contributed by atoms with Crippen LogP contribution in [0.2, 0.25) is 0 Å². The van der Waals surface area contributed by atoms with Gasteiger partial charge < -0.3 is 15.2 Å². The summed E-state index contributed by atoms with van der Waals surface area (Å²) in [6.07, 6.45) is 5.38. The zero-order valence-corrected chi connectivity index (χ0v) is 10.8. The summed E-state index contributed by atoms with van der Waals surface area (Å²) in [6, 6.07) is 0. The van der Waals surface area contributed by atoms with Gasteiger partial charge in [0.05, 0.1) is 0 Å². The lowest BCUT2D eigenvalue weighted by molar-refractivity contribution is -0.137. The molecule has 0 aromatic carbocycles. The Hall–Kier alpha value is -1.10. The third-order valence-electron chi connectivity index (χ3n) is 3.25. The molecule has 0 saturated carbocycles. The minimum absolute atomic E-state index is 0.0347. The molecule has 0 aliphatic carbocycles. The molecule has 1 amide bonds. The van der Waals surface area contributed by atoms with Crippen molar-refractivity contribution in [3.8, 4) is 0 Å². The van der Waals surface area contributed by atoms with Crippen molar-refractivity contribution in [2.45, 2.75) is 44.9 Å². The molecule has 2 N–H and O–H groups in total. The fourth-order valence-electron chi connectivity index (χ4n) is 2.14. The molecule has 1 rings (SSSR count). The standard InChI is InChI=1S/C13H23NO4/c15-12(14-8-2-5-13(16)17)4-1-3-11-6-9-18-10-7-11/h11H,1-10H2,(H,14,15)(H,16,17). The van der Waals surface area contributed by atoms with Gasteiger partial charge in [-0.15, -0.1) is 0 Å². The van der Waals surface area contributed by atoms with Crippen LogP contribution in [0.4, 0.5) is 0 Å². The molecule has 1 aliphatic rings. The molecule has 1 heterocycles. The van der Waals surface area contributed by atoms with Gasteiger partial charge in [-0.25, -0.2) is 0 Å². The smallest absolute Gasteiger partial charge is 0.303 e. The van der Waals surface area contributed by atoms with Gasteiger partial charge in [0.2, 0.25) is 5.91 Å². The predicted octanol–water partition coefficient (Wildman–Crippen LogP) is 1.56. The van der Waals surface area contributed by atoms with Crippen molar-refractivity contribution in [2.75, 3.05) is 19.8 Å². The average Bonchev–Trinajstić information content (AvgIpc) is 2.36. The summed E-state index contributed by atoms with van der Waals surface area (Å²) >= 11 is 0. The van der Waals surface area contributed by atoms with Crippen molar-refractivity contribution in [3.63, 3.8) is 0 Å². The van der Waals surface area contributed by atoms with Gasteiger partial charge in [-0.05, 0) is 38.0 Å². The molecule has 0 atom stereocenters. The summed E-state index contributed by atoms with van der Waals surface area (Å²) < 4.78 is 5.28.